The van der Waals surface area contributed by atoms with Crippen LogP contribution in [-0.4, -0.2) is 44.6 Å². The lowest BCUT2D eigenvalue weighted by Gasteiger charge is -2.31. The Balaban J connectivity index is 1.67. The van der Waals surface area contributed by atoms with Gasteiger partial charge in [-0.25, -0.2) is 9.37 Å². The van der Waals surface area contributed by atoms with Gasteiger partial charge in [0.1, 0.15) is 17.1 Å². The number of aliphatic hydroxyl groups is 1. The monoisotopic (exact) mass is 475 g/mol. The molecule has 0 spiro atoms. The smallest absolute Gasteiger partial charge is 0.254 e. The van der Waals surface area contributed by atoms with E-state index in [0.29, 0.717) is 30.1 Å². The fourth-order valence-electron chi connectivity index (χ4n) is 4.16. The SMILES string of the molecule is CC(c1c(Cl)ccc(F)c1Cl)c1c[nH]c2ncc(C3=CCN(C(=O)C(C)(C)O)CC3)cc12. The van der Waals surface area contributed by atoms with Crippen molar-refractivity contribution >= 4 is 45.7 Å². The summed E-state index contributed by atoms with van der Waals surface area (Å²) in [4.78, 5) is 21.7. The van der Waals surface area contributed by atoms with Gasteiger partial charge in [-0.05, 0) is 60.7 Å². The highest BCUT2D eigenvalue weighted by Crippen LogP contribution is 2.39. The molecule has 0 aliphatic carbocycles. The van der Waals surface area contributed by atoms with E-state index in [4.69, 9.17) is 23.2 Å². The lowest BCUT2D eigenvalue weighted by molar-refractivity contribution is -0.147. The van der Waals surface area contributed by atoms with E-state index in [-0.39, 0.29) is 16.8 Å². The zero-order valence-corrected chi connectivity index (χ0v) is 19.6. The molecule has 8 heteroatoms. The maximum absolute atomic E-state index is 14.1. The van der Waals surface area contributed by atoms with E-state index in [9.17, 15) is 14.3 Å². The van der Waals surface area contributed by atoms with Crippen molar-refractivity contribution in [2.75, 3.05) is 13.1 Å². The Kier molecular flexibility index (Phi) is 6.05. The predicted molar refractivity (Wildman–Crippen MR) is 126 cm³/mol. The number of benzene rings is 1. The number of hydrogen-bond acceptors (Lipinski definition) is 3. The normalized spacial score (nSPS) is 15.7. The molecule has 1 aliphatic rings. The molecule has 1 unspecified atom stereocenters. The molecule has 1 amide bonds. The molecule has 3 aromatic rings. The van der Waals surface area contributed by atoms with Gasteiger partial charge >= 0.3 is 0 Å². The highest BCUT2D eigenvalue weighted by Gasteiger charge is 2.30. The van der Waals surface area contributed by atoms with Crippen LogP contribution in [0.15, 0.2) is 36.7 Å². The molecular formula is C24H24Cl2FN3O2. The van der Waals surface area contributed by atoms with Crippen molar-refractivity contribution in [3.63, 3.8) is 0 Å². The predicted octanol–water partition coefficient (Wildman–Crippen LogP) is 5.55. The fraction of sp³-hybridized carbons (Fsp3) is 0.333. The molecule has 0 radical (unpaired) electrons. The summed E-state index contributed by atoms with van der Waals surface area (Å²) >= 11 is 12.6. The number of nitrogens with zero attached hydrogens (tertiary/aromatic N) is 2. The maximum atomic E-state index is 14.1. The molecule has 0 saturated carbocycles. The summed E-state index contributed by atoms with van der Waals surface area (Å²) in [5.74, 6) is -1.04. The van der Waals surface area contributed by atoms with E-state index < -0.39 is 11.4 Å². The summed E-state index contributed by atoms with van der Waals surface area (Å²) in [5.41, 5.74) is 2.82. The average molecular weight is 476 g/mol. The third kappa shape index (κ3) is 4.15. The van der Waals surface area contributed by atoms with Crippen molar-refractivity contribution in [2.45, 2.75) is 38.7 Å². The minimum Gasteiger partial charge on any atom is -0.381 e. The van der Waals surface area contributed by atoms with E-state index in [0.717, 1.165) is 27.7 Å². The Morgan fingerprint density at radius 3 is 2.75 bits per heavy atom. The molecule has 1 aliphatic heterocycles. The number of nitrogens with one attached hydrogen (secondary N) is 1. The third-order valence-electron chi connectivity index (χ3n) is 5.93. The number of rotatable bonds is 4. The fourth-order valence-corrected chi connectivity index (χ4v) is 4.85. The van der Waals surface area contributed by atoms with Gasteiger partial charge < -0.3 is 15.0 Å². The number of aromatic amines is 1. The number of carbonyl (C=O) groups is 1. The maximum Gasteiger partial charge on any atom is 0.254 e. The number of hydrogen-bond donors (Lipinski definition) is 2. The minimum absolute atomic E-state index is 0.0232. The van der Waals surface area contributed by atoms with E-state index in [2.05, 4.69) is 9.97 Å². The lowest BCUT2D eigenvalue weighted by Crippen LogP contribution is -2.46. The van der Waals surface area contributed by atoms with Crippen molar-refractivity contribution in [1.29, 1.82) is 0 Å². The standard InChI is InChI=1S/C24H24Cl2FN3O2/c1-13(20-18(25)4-5-19(27)21(20)26)17-12-29-22-16(17)10-15(11-28-22)14-6-8-30(9-7-14)23(31)24(2,3)32/h4-6,10-13,32H,7-9H2,1-3H3,(H,28,29). The van der Waals surface area contributed by atoms with E-state index in [1.54, 1.807) is 11.1 Å². The van der Waals surface area contributed by atoms with Gasteiger partial charge in [-0.3, -0.25) is 4.79 Å². The number of pyridine rings is 1. The first-order valence-corrected chi connectivity index (χ1v) is 11.1. The van der Waals surface area contributed by atoms with Gasteiger partial charge in [-0.2, -0.15) is 0 Å². The first kappa shape index (κ1) is 22.8. The summed E-state index contributed by atoms with van der Waals surface area (Å²) in [5, 5.41) is 11.3. The summed E-state index contributed by atoms with van der Waals surface area (Å²) in [6.45, 7) is 5.89. The van der Waals surface area contributed by atoms with Crippen molar-refractivity contribution in [3.05, 3.63) is 69.2 Å². The van der Waals surface area contributed by atoms with Crippen molar-refractivity contribution in [2.24, 2.45) is 0 Å². The first-order valence-electron chi connectivity index (χ1n) is 10.4. The van der Waals surface area contributed by atoms with Crippen LogP contribution in [0, 0.1) is 5.82 Å². The second-order valence-corrected chi connectivity index (χ2v) is 9.42. The number of H-pyrrole nitrogens is 1. The molecule has 5 nitrogen and oxygen atoms in total. The van der Waals surface area contributed by atoms with E-state index in [1.165, 1.54) is 26.0 Å². The number of halogens is 3. The average Bonchev–Trinajstić information content (AvgIpc) is 3.19. The zero-order chi connectivity index (χ0) is 23.2. The van der Waals surface area contributed by atoms with Gasteiger partial charge in [0.15, 0.2) is 0 Å². The molecule has 1 atom stereocenters. The number of amides is 1. The molecule has 32 heavy (non-hydrogen) atoms. The van der Waals surface area contributed by atoms with Gasteiger partial charge in [-0.15, -0.1) is 0 Å². The van der Waals surface area contributed by atoms with Crippen LogP contribution in [0.3, 0.4) is 0 Å². The molecule has 168 valence electrons. The summed E-state index contributed by atoms with van der Waals surface area (Å²) in [6.07, 6.45) is 6.30. The topological polar surface area (TPSA) is 69.2 Å². The largest absolute Gasteiger partial charge is 0.381 e. The molecule has 3 heterocycles. The van der Waals surface area contributed by atoms with Crippen molar-refractivity contribution in [3.8, 4) is 0 Å². The Labute approximate surface area is 195 Å². The zero-order valence-electron chi connectivity index (χ0n) is 18.0. The van der Waals surface area contributed by atoms with Gasteiger partial charge in [0.2, 0.25) is 0 Å². The second-order valence-electron chi connectivity index (χ2n) is 8.63. The van der Waals surface area contributed by atoms with Crippen molar-refractivity contribution in [1.82, 2.24) is 14.9 Å². The second kappa shape index (κ2) is 8.50. The Morgan fingerprint density at radius 1 is 1.34 bits per heavy atom. The van der Waals surface area contributed by atoms with E-state index in [1.807, 2.05) is 25.3 Å². The molecule has 1 aromatic carbocycles. The quantitative estimate of drug-likeness (QED) is 0.486. The van der Waals surface area contributed by atoms with Gasteiger partial charge in [0, 0.05) is 41.8 Å². The Hall–Kier alpha value is -2.41. The Bertz CT molecular complexity index is 1230. The Morgan fingerprint density at radius 2 is 2.09 bits per heavy atom. The van der Waals surface area contributed by atoms with Crippen LogP contribution in [-0.2, 0) is 4.79 Å². The van der Waals surface area contributed by atoms with Crippen LogP contribution in [0.2, 0.25) is 10.0 Å². The summed E-state index contributed by atoms with van der Waals surface area (Å²) in [7, 11) is 0. The molecule has 0 fully saturated rings. The summed E-state index contributed by atoms with van der Waals surface area (Å²) in [6, 6.07) is 4.82. The highest BCUT2D eigenvalue weighted by atomic mass is 35.5. The number of aromatic nitrogens is 2. The summed E-state index contributed by atoms with van der Waals surface area (Å²) < 4.78 is 14.1. The van der Waals surface area contributed by atoms with Crippen LogP contribution >= 0.6 is 23.2 Å². The number of carbonyl (C=O) groups excluding carboxylic acids is 1. The van der Waals surface area contributed by atoms with Gasteiger partial charge in [0.25, 0.3) is 5.91 Å². The van der Waals surface area contributed by atoms with Crippen LogP contribution in [0.4, 0.5) is 4.39 Å². The minimum atomic E-state index is -1.39. The van der Waals surface area contributed by atoms with Crippen LogP contribution in [0.1, 0.15) is 49.8 Å². The van der Waals surface area contributed by atoms with Crippen LogP contribution < -0.4 is 0 Å². The third-order valence-corrected chi connectivity index (χ3v) is 6.65. The molecule has 0 bridgehead atoms. The van der Waals surface area contributed by atoms with E-state index >= 15 is 0 Å². The number of fused-ring (bicyclic) bond motifs is 1. The van der Waals surface area contributed by atoms with Gasteiger partial charge in [-0.1, -0.05) is 36.2 Å². The lowest BCUT2D eigenvalue weighted by atomic mass is 9.91. The van der Waals surface area contributed by atoms with Gasteiger partial charge in [0.05, 0.1) is 5.02 Å². The molecule has 2 aromatic heterocycles. The van der Waals surface area contributed by atoms with Crippen LogP contribution in [0.5, 0.6) is 0 Å². The molecule has 4 rings (SSSR count). The molecule has 2 N–H and O–H groups in total. The first-order chi connectivity index (χ1) is 15.1. The molecular weight excluding hydrogens is 452 g/mol. The molecule has 0 saturated heterocycles. The van der Waals surface area contributed by atoms with Crippen LogP contribution in [0.25, 0.3) is 16.6 Å². The van der Waals surface area contributed by atoms with Crippen molar-refractivity contribution < 1.29 is 14.3 Å². The highest BCUT2D eigenvalue weighted by molar-refractivity contribution is 6.36.